The predicted octanol–water partition coefficient (Wildman–Crippen LogP) is 5.93. The molecule has 1 amide bonds. The molecule has 0 aliphatic carbocycles. The molecule has 4 rings (SSSR count). The summed E-state index contributed by atoms with van der Waals surface area (Å²) in [5, 5.41) is 0.708. The van der Waals surface area contributed by atoms with Gasteiger partial charge in [-0.1, -0.05) is 60.7 Å². The summed E-state index contributed by atoms with van der Waals surface area (Å²) in [5.41, 5.74) is 2.97. The highest BCUT2D eigenvalue weighted by Gasteiger charge is 2.33. The summed E-state index contributed by atoms with van der Waals surface area (Å²) in [5.74, 6) is 0.781. The molecule has 0 aromatic heterocycles. The first-order valence-corrected chi connectivity index (χ1v) is 11.2. The Morgan fingerprint density at radius 1 is 0.968 bits per heavy atom. The summed E-state index contributed by atoms with van der Waals surface area (Å²) in [6, 6.07) is 27.7. The van der Waals surface area contributed by atoms with E-state index < -0.39 is 0 Å². The number of aliphatic imine (C=N–C) groups is 1. The Morgan fingerprint density at radius 3 is 2.45 bits per heavy atom. The van der Waals surface area contributed by atoms with Gasteiger partial charge in [0.15, 0.2) is 5.17 Å². The van der Waals surface area contributed by atoms with Gasteiger partial charge >= 0.3 is 0 Å². The van der Waals surface area contributed by atoms with Gasteiger partial charge in [0, 0.05) is 6.54 Å². The van der Waals surface area contributed by atoms with Crippen molar-refractivity contribution >= 4 is 34.6 Å². The quantitative estimate of drug-likeness (QED) is 0.438. The molecule has 1 aliphatic rings. The standard InChI is InChI=1S/C26H24N2O2S/c1-2-30-23-15-9-12-21(18-23)19-24-25(29)28(17-16-20-10-5-3-6-11-20)26(31-24)27-22-13-7-4-8-14-22/h3-15,18-19H,2,16-17H2,1H3/b24-19+,27-26?. The third-order valence-corrected chi connectivity index (χ3v) is 5.81. The number of amides is 1. The van der Waals surface area contributed by atoms with E-state index in [0.29, 0.717) is 23.2 Å². The van der Waals surface area contributed by atoms with Crippen molar-refractivity contribution in [2.75, 3.05) is 13.2 Å². The van der Waals surface area contributed by atoms with Crippen molar-refractivity contribution in [1.82, 2.24) is 4.90 Å². The molecule has 4 nitrogen and oxygen atoms in total. The van der Waals surface area contributed by atoms with Crippen LogP contribution >= 0.6 is 11.8 Å². The molecule has 0 atom stereocenters. The second kappa shape index (κ2) is 10.1. The van der Waals surface area contributed by atoms with Crippen LogP contribution in [0.3, 0.4) is 0 Å². The molecule has 31 heavy (non-hydrogen) atoms. The lowest BCUT2D eigenvalue weighted by Gasteiger charge is -2.15. The minimum absolute atomic E-state index is 0.0163. The molecular formula is C26H24N2O2S. The number of hydrogen-bond acceptors (Lipinski definition) is 4. The van der Waals surface area contributed by atoms with Gasteiger partial charge in [-0.15, -0.1) is 0 Å². The maximum atomic E-state index is 13.3. The number of ether oxygens (including phenoxy) is 1. The number of carbonyl (C=O) groups excluding carboxylic acids is 1. The number of hydrogen-bond donors (Lipinski definition) is 0. The second-order valence-electron chi connectivity index (χ2n) is 7.04. The monoisotopic (exact) mass is 428 g/mol. The zero-order valence-corrected chi connectivity index (χ0v) is 18.2. The summed E-state index contributed by atoms with van der Waals surface area (Å²) in [6.45, 7) is 3.14. The highest BCUT2D eigenvalue weighted by Crippen LogP contribution is 2.34. The largest absolute Gasteiger partial charge is 0.494 e. The van der Waals surface area contributed by atoms with Gasteiger partial charge < -0.3 is 4.74 Å². The van der Waals surface area contributed by atoms with E-state index >= 15 is 0 Å². The molecule has 0 spiro atoms. The Bertz CT molecular complexity index is 1090. The average Bonchev–Trinajstić information content (AvgIpc) is 3.08. The number of amidine groups is 1. The molecule has 0 bridgehead atoms. The molecule has 0 N–H and O–H groups in total. The van der Waals surface area contributed by atoms with Crippen molar-refractivity contribution in [1.29, 1.82) is 0 Å². The molecule has 0 unspecified atom stereocenters. The summed E-state index contributed by atoms with van der Waals surface area (Å²) in [6.07, 6.45) is 2.69. The fourth-order valence-electron chi connectivity index (χ4n) is 3.30. The molecule has 3 aromatic rings. The third kappa shape index (κ3) is 5.44. The van der Waals surface area contributed by atoms with Gasteiger partial charge in [0.2, 0.25) is 0 Å². The number of para-hydroxylation sites is 1. The van der Waals surface area contributed by atoms with E-state index in [1.54, 1.807) is 4.90 Å². The summed E-state index contributed by atoms with van der Waals surface area (Å²) < 4.78 is 5.59. The smallest absolute Gasteiger partial charge is 0.266 e. The molecule has 3 aromatic carbocycles. The fraction of sp³-hybridized carbons (Fsp3) is 0.154. The van der Waals surface area contributed by atoms with Crippen molar-refractivity contribution in [3.8, 4) is 5.75 Å². The van der Waals surface area contributed by atoms with Crippen LogP contribution in [-0.4, -0.2) is 29.1 Å². The number of benzene rings is 3. The number of thioether (sulfide) groups is 1. The van der Waals surface area contributed by atoms with Gasteiger partial charge in [-0.25, -0.2) is 4.99 Å². The Hall–Kier alpha value is -3.31. The van der Waals surface area contributed by atoms with Crippen LogP contribution in [0.5, 0.6) is 5.75 Å². The first-order chi connectivity index (χ1) is 15.2. The van der Waals surface area contributed by atoms with Crippen LogP contribution in [0.25, 0.3) is 6.08 Å². The minimum atomic E-state index is -0.0163. The predicted molar refractivity (Wildman–Crippen MR) is 129 cm³/mol. The Morgan fingerprint density at radius 2 is 1.71 bits per heavy atom. The van der Waals surface area contributed by atoms with Gasteiger partial charge in [0.1, 0.15) is 5.75 Å². The zero-order valence-electron chi connectivity index (χ0n) is 17.4. The molecular weight excluding hydrogens is 404 g/mol. The van der Waals surface area contributed by atoms with Crippen LogP contribution < -0.4 is 4.74 Å². The zero-order chi connectivity index (χ0) is 21.5. The number of carbonyl (C=O) groups is 1. The van der Waals surface area contributed by atoms with Crippen LogP contribution in [0.4, 0.5) is 5.69 Å². The molecule has 5 heteroatoms. The Kier molecular flexibility index (Phi) is 6.85. The lowest BCUT2D eigenvalue weighted by molar-refractivity contribution is -0.122. The maximum Gasteiger partial charge on any atom is 0.266 e. The molecule has 1 heterocycles. The van der Waals surface area contributed by atoms with E-state index in [1.807, 2.05) is 85.8 Å². The van der Waals surface area contributed by atoms with Crippen molar-refractivity contribution in [3.05, 3.63) is 101 Å². The summed E-state index contributed by atoms with van der Waals surface area (Å²) >= 11 is 1.42. The van der Waals surface area contributed by atoms with E-state index in [1.165, 1.54) is 17.3 Å². The van der Waals surface area contributed by atoms with E-state index in [4.69, 9.17) is 9.73 Å². The van der Waals surface area contributed by atoms with Crippen LogP contribution in [0.1, 0.15) is 18.1 Å². The first kappa shape index (κ1) is 20.9. The minimum Gasteiger partial charge on any atom is -0.494 e. The van der Waals surface area contributed by atoms with E-state index in [-0.39, 0.29) is 5.91 Å². The van der Waals surface area contributed by atoms with E-state index in [2.05, 4.69) is 12.1 Å². The fourth-order valence-corrected chi connectivity index (χ4v) is 4.32. The first-order valence-electron chi connectivity index (χ1n) is 10.3. The normalized spacial score (nSPS) is 16.3. The lowest BCUT2D eigenvalue weighted by Crippen LogP contribution is -2.31. The second-order valence-corrected chi connectivity index (χ2v) is 8.05. The summed E-state index contributed by atoms with van der Waals surface area (Å²) in [4.78, 5) is 20.5. The van der Waals surface area contributed by atoms with Gasteiger partial charge in [-0.2, -0.15) is 0 Å². The number of rotatable bonds is 7. The van der Waals surface area contributed by atoms with Crippen molar-refractivity contribution in [2.45, 2.75) is 13.3 Å². The highest BCUT2D eigenvalue weighted by molar-refractivity contribution is 8.18. The van der Waals surface area contributed by atoms with Crippen molar-refractivity contribution in [2.24, 2.45) is 4.99 Å². The van der Waals surface area contributed by atoms with Crippen molar-refractivity contribution in [3.63, 3.8) is 0 Å². The van der Waals surface area contributed by atoms with Crippen molar-refractivity contribution < 1.29 is 9.53 Å². The molecule has 156 valence electrons. The SMILES string of the molecule is CCOc1cccc(/C=C2/SC(=Nc3ccccc3)N(CCc3ccccc3)C2=O)c1. The van der Waals surface area contributed by atoms with Gasteiger partial charge in [0.05, 0.1) is 17.2 Å². The molecule has 1 saturated heterocycles. The Balaban J connectivity index is 1.62. The molecule has 0 radical (unpaired) electrons. The Labute approximate surface area is 187 Å². The van der Waals surface area contributed by atoms with Crippen LogP contribution in [0, 0.1) is 0 Å². The lowest BCUT2D eigenvalue weighted by atomic mass is 10.1. The highest BCUT2D eigenvalue weighted by atomic mass is 32.2. The topological polar surface area (TPSA) is 41.9 Å². The van der Waals surface area contributed by atoms with E-state index in [0.717, 1.165) is 23.4 Å². The van der Waals surface area contributed by atoms with E-state index in [9.17, 15) is 4.79 Å². The van der Waals surface area contributed by atoms with Gasteiger partial charge in [-0.05, 0) is 66.6 Å². The maximum absolute atomic E-state index is 13.3. The van der Waals surface area contributed by atoms with Crippen LogP contribution in [0.2, 0.25) is 0 Å². The van der Waals surface area contributed by atoms with Crippen LogP contribution in [0.15, 0.2) is 94.8 Å². The third-order valence-electron chi connectivity index (χ3n) is 4.80. The van der Waals surface area contributed by atoms with Crippen LogP contribution in [-0.2, 0) is 11.2 Å². The average molecular weight is 429 g/mol. The molecule has 1 aliphatic heterocycles. The number of nitrogens with zero attached hydrogens (tertiary/aromatic N) is 2. The molecule has 1 fully saturated rings. The van der Waals surface area contributed by atoms with Gasteiger partial charge in [0.25, 0.3) is 5.91 Å². The molecule has 0 saturated carbocycles. The summed E-state index contributed by atoms with van der Waals surface area (Å²) in [7, 11) is 0. The van der Waals surface area contributed by atoms with Gasteiger partial charge in [-0.3, -0.25) is 9.69 Å².